The van der Waals surface area contributed by atoms with E-state index in [0.29, 0.717) is 0 Å². The Bertz CT molecular complexity index is 220. The van der Waals surface area contributed by atoms with E-state index in [1.54, 1.807) is 0 Å². The zero-order valence-electron chi connectivity index (χ0n) is 12.0. The van der Waals surface area contributed by atoms with E-state index in [-0.39, 0.29) is 5.54 Å². The molecule has 0 amide bonds. The lowest BCUT2D eigenvalue weighted by Gasteiger charge is -2.45. The number of nitrogens with zero attached hydrogens (tertiary/aromatic N) is 1. The van der Waals surface area contributed by atoms with Crippen LogP contribution in [0, 0.1) is 5.92 Å². The van der Waals surface area contributed by atoms with Crippen LogP contribution < -0.4 is 5.73 Å². The predicted octanol–water partition coefficient (Wildman–Crippen LogP) is 2.97. The average molecular weight is 258 g/mol. The van der Waals surface area contributed by atoms with Gasteiger partial charge in [0.05, 0.1) is 0 Å². The van der Waals surface area contributed by atoms with Gasteiger partial charge in [0.15, 0.2) is 0 Å². The van der Waals surface area contributed by atoms with Crippen molar-refractivity contribution < 1.29 is 0 Å². The van der Waals surface area contributed by atoms with Gasteiger partial charge in [-0.25, -0.2) is 0 Å². The van der Waals surface area contributed by atoms with Gasteiger partial charge in [0.1, 0.15) is 0 Å². The van der Waals surface area contributed by atoms with Crippen LogP contribution in [0.4, 0.5) is 0 Å². The van der Waals surface area contributed by atoms with E-state index in [1.807, 2.05) is 0 Å². The van der Waals surface area contributed by atoms with Crippen LogP contribution in [0.1, 0.15) is 47.0 Å². The fraction of sp³-hybridized carbons (Fsp3) is 1.00. The standard InChI is InChI=1S/C14H30N2S/c1-5-13-10-16(8-9-17-13)14(4,11-15)7-6-12(2)3/h12-13H,5-11,15H2,1-4H3. The lowest BCUT2D eigenvalue weighted by molar-refractivity contribution is 0.0990. The van der Waals surface area contributed by atoms with Crippen LogP contribution in [0.15, 0.2) is 0 Å². The lowest BCUT2D eigenvalue weighted by atomic mass is 9.89. The largest absolute Gasteiger partial charge is 0.329 e. The molecule has 0 aromatic carbocycles. The van der Waals surface area contributed by atoms with E-state index in [1.165, 1.54) is 38.1 Å². The summed E-state index contributed by atoms with van der Waals surface area (Å²) >= 11 is 2.14. The zero-order chi connectivity index (χ0) is 12.9. The molecule has 17 heavy (non-hydrogen) atoms. The number of nitrogens with two attached hydrogens (primary N) is 1. The summed E-state index contributed by atoms with van der Waals surface area (Å²) in [6.45, 7) is 12.5. The van der Waals surface area contributed by atoms with Crippen molar-refractivity contribution in [1.82, 2.24) is 4.90 Å². The van der Waals surface area contributed by atoms with E-state index in [0.717, 1.165) is 17.7 Å². The molecule has 2 N–H and O–H groups in total. The minimum atomic E-state index is 0.221. The lowest BCUT2D eigenvalue weighted by Crippen LogP contribution is -2.56. The van der Waals surface area contributed by atoms with Gasteiger partial charge in [0.25, 0.3) is 0 Å². The Kier molecular flexibility index (Phi) is 6.32. The van der Waals surface area contributed by atoms with Crippen molar-refractivity contribution in [2.75, 3.05) is 25.4 Å². The molecule has 1 heterocycles. The molecule has 2 atom stereocenters. The highest BCUT2D eigenvalue weighted by molar-refractivity contribution is 8.00. The summed E-state index contributed by atoms with van der Waals surface area (Å²) in [7, 11) is 0. The maximum absolute atomic E-state index is 6.06. The molecule has 1 fully saturated rings. The Labute approximate surface area is 112 Å². The molecule has 0 aromatic heterocycles. The van der Waals surface area contributed by atoms with E-state index < -0.39 is 0 Å². The summed E-state index contributed by atoms with van der Waals surface area (Å²) in [6.07, 6.45) is 3.81. The highest BCUT2D eigenvalue weighted by atomic mass is 32.2. The quantitative estimate of drug-likeness (QED) is 0.794. The summed E-state index contributed by atoms with van der Waals surface area (Å²) in [5, 5.41) is 0.814. The molecular formula is C14H30N2S. The molecule has 0 saturated carbocycles. The molecule has 3 heteroatoms. The summed E-state index contributed by atoms with van der Waals surface area (Å²) in [5.41, 5.74) is 6.28. The fourth-order valence-corrected chi connectivity index (χ4v) is 3.63. The molecule has 0 spiro atoms. The highest BCUT2D eigenvalue weighted by Gasteiger charge is 2.33. The first kappa shape index (κ1) is 15.3. The summed E-state index contributed by atoms with van der Waals surface area (Å²) in [5.74, 6) is 2.05. The molecule has 0 radical (unpaired) electrons. The maximum Gasteiger partial charge on any atom is 0.0304 e. The van der Waals surface area contributed by atoms with Crippen LogP contribution in [0.5, 0.6) is 0 Å². The van der Waals surface area contributed by atoms with Crippen LogP contribution in [-0.4, -0.2) is 41.1 Å². The highest BCUT2D eigenvalue weighted by Crippen LogP contribution is 2.29. The van der Waals surface area contributed by atoms with Gasteiger partial charge >= 0.3 is 0 Å². The van der Waals surface area contributed by atoms with Crippen LogP contribution in [0.25, 0.3) is 0 Å². The third-order valence-electron chi connectivity index (χ3n) is 4.06. The van der Waals surface area contributed by atoms with Crippen molar-refractivity contribution in [3.63, 3.8) is 0 Å². The summed E-state index contributed by atoms with van der Waals surface area (Å²) in [6, 6.07) is 0. The first-order valence-electron chi connectivity index (χ1n) is 7.08. The normalized spacial score (nSPS) is 26.1. The maximum atomic E-state index is 6.06. The summed E-state index contributed by atoms with van der Waals surface area (Å²) < 4.78 is 0. The molecule has 1 aliphatic rings. The Morgan fingerprint density at radius 1 is 1.47 bits per heavy atom. The van der Waals surface area contributed by atoms with Crippen LogP contribution in [0.3, 0.4) is 0 Å². The Hall–Kier alpha value is 0.270. The zero-order valence-corrected chi connectivity index (χ0v) is 12.9. The Morgan fingerprint density at radius 3 is 2.71 bits per heavy atom. The topological polar surface area (TPSA) is 29.3 Å². The molecular weight excluding hydrogens is 228 g/mol. The minimum Gasteiger partial charge on any atom is -0.329 e. The van der Waals surface area contributed by atoms with E-state index in [9.17, 15) is 0 Å². The van der Waals surface area contributed by atoms with Crippen molar-refractivity contribution in [2.24, 2.45) is 11.7 Å². The van der Waals surface area contributed by atoms with Gasteiger partial charge in [-0.1, -0.05) is 20.8 Å². The number of hydrogen-bond donors (Lipinski definition) is 1. The van der Waals surface area contributed by atoms with Crippen molar-refractivity contribution in [2.45, 2.75) is 57.7 Å². The second-order valence-electron chi connectivity index (χ2n) is 5.98. The smallest absolute Gasteiger partial charge is 0.0304 e. The third kappa shape index (κ3) is 4.46. The molecule has 0 aromatic rings. The molecule has 1 saturated heterocycles. The number of thioether (sulfide) groups is 1. The van der Waals surface area contributed by atoms with Gasteiger partial charge in [-0.05, 0) is 32.1 Å². The van der Waals surface area contributed by atoms with Crippen molar-refractivity contribution in [1.29, 1.82) is 0 Å². The second-order valence-corrected chi connectivity index (χ2v) is 7.39. The molecule has 0 bridgehead atoms. The van der Waals surface area contributed by atoms with Crippen molar-refractivity contribution in [3.8, 4) is 0 Å². The van der Waals surface area contributed by atoms with Gasteiger partial charge in [0.2, 0.25) is 0 Å². The van der Waals surface area contributed by atoms with Gasteiger partial charge in [-0.3, -0.25) is 4.90 Å². The van der Waals surface area contributed by atoms with Gasteiger partial charge < -0.3 is 5.73 Å². The molecule has 102 valence electrons. The van der Waals surface area contributed by atoms with E-state index in [4.69, 9.17) is 5.73 Å². The second kappa shape index (κ2) is 7.01. The van der Waals surface area contributed by atoms with Crippen LogP contribution >= 0.6 is 11.8 Å². The monoisotopic (exact) mass is 258 g/mol. The number of rotatable bonds is 6. The predicted molar refractivity (Wildman–Crippen MR) is 79.6 cm³/mol. The fourth-order valence-electron chi connectivity index (χ4n) is 2.45. The van der Waals surface area contributed by atoms with Gasteiger partial charge in [-0.2, -0.15) is 11.8 Å². The van der Waals surface area contributed by atoms with Gasteiger partial charge in [0, 0.05) is 36.2 Å². The SMILES string of the molecule is CCC1CN(C(C)(CN)CCC(C)C)CCS1. The molecule has 1 rings (SSSR count). The minimum absolute atomic E-state index is 0.221. The third-order valence-corrected chi connectivity index (χ3v) is 5.43. The van der Waals surface area contributed by atoms with Crippen LogP contribution in [0.2, 0.25) is 0 Å². The molecule has 2 unspecified atom stereocenters. The van der Waals surface area contributed by atoms with Crippen molar-refractivity contribution >= 4 is 11.8 Å². The number of hydrogen-bond acceptors (Lipinski definition) is 3. The van der Waals surface area contributed by atoms with Gasteiger partial charge in [-0.15, -0.1) is 0 Å². The van der Waals surface area contributed by atoms with Crippen LogP contribution in [-0.2, 0) is 0 Å². The summed E-state index contributed by atoms with van der Waals surface area (Å²) in [4.78, 5) is 2.65. The average Bonchev–Trinajstić information content (AvgIpc) is 2.36. The first-order valence-corrected chi connectivity index (χ1v) is 8.13. The Balaban J connectivity index is 2.57. The molecule has 1 aliphatic heterocycles. The van der Waals surface area contributed by atoms with E-state index >= 15 is 0 Å². The van der Waals surface area contributed by atoms with Crippen molar-refractivity contribution in [3.05, 3.63) is 0 Å². The van der Waals surface area contributed by atoms with E-state index in [2.05, 4.69) is 44.4 Å². The molecule has 0 aliphatic carbocycles. The first-order chi connectivity index (χ1) is 8.01. The Morgan fingerprint density at radius 2 is 2.18 bits per heavy atom. The molecule has 2 nitrogen and oxygen atoms in total.